The Balaban J connectivity index is 2.17. The smallest absolute Gasteiger partial charge is 0.218 e. The van der Waals surface area contributed by atoms with Gasteiger partial charge in [-0.25, -0.2) is 0 Å². The fourth-order valence-electron chi connectivity index (χ4n) is 1.92. The van der Waals surface area contributed by atoms with Crippen LogP contribution in [-0.2, 0) is 4.79 Å². The molecule has 0 atom stereocenters. The molecule has 0 fully saturated rings. The van der Waals surface area contributed by atoms with E-state index in [1.165, 1.54) is 11.1 Å². The van der Waals surface area contributed by atoms with Crippen molar-refractivity contribution in [2.45, 2.75) is 11.7 Å². The minimum atomic E-state index is -0.243. The highest BCUT2D eigenvalue weighted by molar-refractivity contribution is 7.99. The molecule has 98 valence electrons. The largest absolute Gasteiger partial charge is 0.370 e. The van der Waals surface area contributed by atoms with Gasteiger partial charge in [0.2, 0.25) is 5.91 Å². The van der Waals surface area contributed by atoms with Gasteiger partial charge in [-0.2, -0.15) is 0 Å². The van der Waals surface area contributed by atoms with Crippen molar-refractivity contribution in [3.05, 3.63) is 71.8 Å². The van der Waals surface area contributed by atoms with Crippen LogP contribution in [0.2, 0.25) is 0 Å². The van der Waals surface area contributed by atoms with E-state index in [4.69, 9.17) is 5.73 Å². The Morgan fingerprint density at radius 2 is 1.42 bits per heavy atom. The Bertz CT molecular complexity index is 473. The Labute approximate surface area is 118 Å². The normalized spacial score (nSPS) is 10.6. The molecule has 2 rings (SSSR count). The predicted octanol–water partition coefficient (Wildman–Crippen LogP) is 3.38. The molecule has 0 unspecified atom stereocenters. The van der Waals surface area contributed by atoms with E-state index in [1.54, 1.807) is 11.8 Å². The molecule has 0 heterocycles. The first-order valence-electron chi connectivity index (χ1n) is 6.27. The van der Waals surface area contributed by atoms with Crippen molar-refractivity contribution in [3.63, 3.8) is 0 Å². The van der Waals surface area contributed by atoms with E-state index in [-0.39, 0.29) is 11.2 Å². The zero-order valence-electron chi connectivity index (χ0n) is 10.7. The van der Waals surface area contributed by atoms with Gasteiger partial charge >= 0.3 is 0 Å². The molecule has 0 aliphatic carbocycles. The lowest BCUT2D eigenvalue weighted by atomic mass is 10.0. The zero-order valence-corrected chi connectivity index (χ0v) is 11.5. The summed E-state index contributed by atoms with van der Waals surface area (Å²) >= 11 is 1.76. The Kier molecular flexibility index (Phi) is 5.04. The van der Waals surface area contributed by atoms with E-state index >= 15 is 0 Å². The number of nitrogens with two attached hydrogens (primary N) is 1. The maximum absolute atomic E-state index is 10.9. The summed E-state index contributed by atoms with van der Waals surface area (Å²) in [5.74, 6) is 0.497. The quantitative estimate of drug-likeness (QED) is 0.875. The van der Waals surface area contributed by atoms with E-state index in [9.17, 15) is 4.79 Å². The van der Waals surface area contributed by atoms with Gasteiger partial charge in [-0.1, -0.05) is 60.7 Å². The standard InChI is InChI=1S/C16H17NOS/c17-15(18)11-12-19-16(13-7-3-1-4-8-13)14-9-5-2-6-10-14/h1-10,16H,11-12H2,(H2,17,18). The molecule has 0 saturated carbocycles. The monoisotopic (exact) mass is 271 g/mol. The second kappa shape index (κ2) is 7.00. The maximum Gasteiger partial charge on any atom is 0.218 e. The summed E-state index contributed by atoms with van der Waals surface area (Å²) in [5, 5.41) is 0.252. The van der Waals surface area contributed by atoms with Crippen molar-refractivity contribution in [1.29, 1.82) is 0 Å². The van der Waals surface area contributed by atoms with E-state index in [2.05, 4.69) is 24.3 Å². The first kappa shape index (κ1) is 13.7. The van der Waals surface area contributed by atoms with Crippen LogP contribution in [0.1, 0.15) is 22.8 Å². The molecule has 0 aliphatic rings. The second-order valence-electron chi connectivity index (χ2n) is 4.29. The summed E-state index contributed by atoms with van der Waals surface area (Å²) in [6.45, 7) is 0. The molecule has 1 amide bonds. The molecule has 2 nitrogen and oxygen atoms in total. The van der Waals surface area contributed by atoms with E-state index in [1.807, 2.05) is 36.4 Å². The first-order valence-corrected chi connectivity index (χ1v) is 7.32. The number of thioether (sulfide) groups is 1. The number of carbonyl (C=O) groups excluding carboxylic acids is 1. The minimum absolute atomic E-state index is 0.243. The van der Waals surface area contributed by atoms with Gasteiger partial charge in [-0.3, -0.25) is 4.79 Å². The first-order chi connectivity index (χ1) is 9.27. The van der Waals surface area contributed by atoms with Crippen LogP contribution >= 0.6 is 11.8 Å². The highest BCUT2D eigenvalue weighted by atomic mass is 32.2. The number of carbonyl (C=O) groups is 1. The van der Waals surface area contributed by atoms with Gasteiger partial charge in [0.05, 0.1) is 5.25 Å². The summed E-state index contributed by atoms with van der Waals surface area (Å²) in [7, 11) is 0. The Morgan fingerprint density at radius 3 is 1.84 bits per heavy atom. The molecule has 0 saturated heterocycles. The van der Waals surface area contributed by atoms with Crippen molar-refractivity contribution in [3.8, 4) is 0 Å². The minimum Gasteiger partial charge on any atom is -0.370 e. The number of amides is 1. The van der Waals surface area contributed by atoms with Crippen molar-refractivity contribution >= 4 is 17.7 Å². The Hall–Kier alpha value is -1.74. The molecular weight excluding hydrogens is 254 g/mol. The summed E-state index contributed by atoms with van der Waals surface area (Å²) < 4.78 is 0. The van der Waals surface area contributed by atoms with Gasteiger partial charge in [-0.05, 0) is 11.1 Å². The molecular formula is C16H17NOS. The summed E-state index contributed by atoms with van der Waals surface area (Å²) in [5.41, 5.74) is 7.71. The van der Waals surface area contributed by atoms with Crippen LogP contribution < -0.4 is 5.73 Å². The highest BCUT2D eigenvalue weighted by Gasteiger charge is 2.14. The molecule has 2 N–H and O–H groups in total. The summed E-state index contributed by atoms with van der Waals surface area (Å²) in [4.78, 5) is 10.9. The lowest BCUT2D eigenvalue weighted by Gasteiger charge is -2.17. The third-order valence-corrected chi connectivity index (χ3v) is 4.16. The van der Waals surface area contributed by atoms with Gasteiger partial charge in [-0.15, -0.1) is 11.8 Å². The molecule has 0 aromatic heterocycles. The van der Waals surface area contributed by atoms with Gasteiger partial charge in [0.25, 0.3) is 0 Å². The molecule has 0 bridgehead atoms. The van der Waals surface area contributed by atoms with E-state index in [0.29, 0.717) is 6.42 Å². The zero-order chi connectivity index (χ0) is 13.5. The van der Waals surface area contributed by atoms with Crippen molar-refractivity contribution in [2.24, 2.45) is 5.73 Å². The number of hydrogen-bond acceptors (Lipinski definition) is 2. The number of rotatable bonds is 6. The van der Waals surface area contributed by atoms with Gasteiger partial charge in [0.15, 0.2) is 0 Å². The van der Waals surface area contributed by atoms with Crippen LogP contribution in [0.25, 0.3) is 0 Å². The third kappa shape index (κ3) is 4.14. The highest BCUT2D eigenvalue weighted by Crippen LogP contribution is 2.35. The molecule has 0 radical (unpaired) electrons. The topological polar surface area (TPSA) is 43.1 Å². The number of primary amides is 1. The van der Waals surface area contributed by atoms with Crippen molar-refractivity contribution in [2.75, 3.05) is 5.75 Å². The van der Waals surface area contributed by atoms with Crippen LogP contribution in [0.5, 0.6) is 0 Å². The molecule has 3 heteroatoms. The molecule has 19 heavy (non-hydrogen) atoms. The third-order valence-electron chi connectivity index (χ3n) is 2.84. The van der Waals surface area contributed by atoms with Crippen LogP contribution in [0.15, 0.2) is 60.7 Å². The summed E-state index contributed by atoms with van der Waals surface area (Å²) in [6, 6.07) is 20.7. The van der Waals surface area contributed by atoms with Crippen molar-refractivity contribution in [1.82, 2.24) is 0 Å². The molecule has 0 aliphatic heterocycles. The van der Waals surface area contributed by atoms with E-state index in [0.717, 1.165) is 5.75 Å². The van der Waals surface area contributed by atoms with Crippen LogP contribution in [0.3, 0.4) is 0 Å². The average molecular weight is 271 g/mol. The van der Waals surface area contributed by atoms with Gasteiger partial charge < -0.3 is 5.73 Å². The lowest BCUT2D eigenvalue weighted by molar-refractivity contribution is -0.117. The molecule has 2 aromatic rings. The number of hydrogen-bond donors (Lipinski definition) is 1. The second-order valence-corrected chi connectivity index (χ2v) is 5.50. The lowest BCUT2D eigenvalue weighted by Crippen LogP contribution is -2.11. The van der Waals surface area contributed by atoms with Gasteiger partial charge in [0.1, 0.15) is 0 Å². The van der Waals surface area contributed by atoms with Crippen LogP contribution in [0, 0.1) is 0 Å². The fraction of sp³-hybridized carbons (Fsp3) is 0.188. The number of benzene rings is 2. The Morgan fingerprint density at radius 1 is 0.947 bits per heavy atom. The predicted molar refractivity (Wildman–Crippen MR) is 81.0 cm³/mol. The molecule has 2 aromatic carbocycles. The van der Waals surface area contributed by atoms with Crippen LogP contribution in [-0.4, -0.2) is 11.7 Å². The molecule has 0 spiro atoms. The fourth-order valence-corrected chi connectivity index (χ4v) is 3.17. The SMILES string of the molecule is NC(=O)CCSC(c1ccccc1)c1ccccc1. The summed E-state index contributed by atoms with van der Waals surface area (Å²) in [6.07, 6.45) is 0.417. The average Bonchev–Trinajstić information content (AvgIpc) is 2.45. The van der Waals surface area contributed by atoms with E-state index < -0.39 is 0 Å². The maximum atomic E-state index is 10.9. The van der Waals surface area contributed by atoms with Crippen LogP contribution in [0.4, 0.5) is 0 Å². The van der Waals surface area contributed by atoms with Gasteiger partial charge in [0, 0.05) is 12.2 Å². The van der Waals surface area contributed by atoms with Crippen molar-refractivity contribution < 1.29 is 4.79 Å².